The van der Waals surface area contributed by atoms with Crippen molar-refractivity contribution >= 4 is 0 Å². The Hall–Kier alpha value is -1.00. The zero-order chi connectivity index (χ0) is 10.8. The van der Waals surface area contributed by atoms with E-state index < -0.39 is 11.6 Å². The van der Waals surface area contributed by atoms with Gasteiger partial charge in [0.25, 0.3) is 0 Å². The van der Waals surface area contributed by atoms with Crippen molar-refractivity contribution in [3.05, 3.63) is 35.4 Å². The van der Waals surface area contributed by atoms with E-state index in [1.54, 1.807) is 0 Å². The third-order valence-electron chi connectivity index (χ3n) is 2.19. The van der Waals surface area contributed by atoms with Crippen LogP contribution in [0.25, 0.3) is 0 Å². The molecule has 0 amide bonds. The van der Waals surface area contributed by atoms with Crippen LogP contribution in [0.3, 0.4) is 0 Å². The summed E-state index contributed by atoms with van der Waals surface area (Å²) in [6, 6.07) is 3.18. The fourth-order valence-electron chi connectivity index (χ4n) is 1.40. The normalized spacial score (nSPS) is 23.0. The predicted molar refractivity (Wildman–Crippen MR) is 47.8 cm³/mol. The number of benzene rings is 1. The summed E-state index contributed by atoms with van der Waals surface area (Å²) in [5, 5.41) is 0. The molecule has 0 aromatic heterocycles. The quantitative estimate of drug-likeness (QED) is 0.744. The lowest BCUT2D eigenvalue weighted by atomic mass is 10.0. The minimum atomic E-state index is -0.592. The van der Waals surface area contributed by atoms with E-state index in [0.717, 1.165) is 6.07 Å². The summed E-state index contributed by atoms with van der Waals surface area (Å²) in [6.07, 6.45) is 0.386. The molecule has 1 saturated heterocycles. The Kier molecular flexibility index (Phi) is 2.16. The van der Waals surface area contributed by atoms with Crippen LogP contribution in [0.2, 0.25) is 1.41 Å². The fourth-order valence-corrected chi connectivity index (χ4v) is 1.40. The summed E-state index contributed by atoms with van der Waals surface area (Å²) in [5.41, 5.74) is 2.87. The summed E-state index contributed by atoms with van der Waals surface area (Å²) in [5.74, 6) is -1.18. The Morgan fingerprint density at radius 3 is 2.64 bits per heavy atom. The van der Waals surface area contributed by atoms with Gasteiger partial charge >= 0.3 is 0 Å². The van der Waals surface area contributed by atoms with E-state index in [9.17, 15) is 8.78 Å². The van der Waals surface area contributed by atoms with Crippen LogP contribution in [-0.4, -0.2) is 18.8 Å². The van der Waals surface area contributed by atoms with Crippen molar-refractivity contribution in [2.45, 2.75) is 18.6 Å². The lowest BCUT2D eigenvalue weighted by Gasteiger charge is -2.08. The first-order valence-corrected chi connectivity index (χ1v) is 4.43. The first-order valence-electron chi connectivity index (χ1n) is 4.93. The Morgan fingerprint density at radius 2 is 2.14 bits per heavy atom. The minimum Gasteiger partial charge on any atom is -0.371 e. The van der Waals surface area contributed by atoms with Crippen molar-refractivity contribution in [2.75, 3.05) is 6.61 Å². The first kappa shape index (κ1) is 8.32. The van der Waals surface area contributed by atoms with Gasteiger partial charge < -0.3 is 10.5 Å². The van der Waals surface area contributed by atoms with Crippen molar-refractivity contribution in [3.8, 4) is 0 Å². The highest BCUT2D eigenvalue weighted by molar-refractivity contribution is 5.19. The lowest BCUT2D eigenvalue weighted by Crippen LogP contribution is -2.29. The molecule has 1 aromatic carbocycles. The molecular weight excluding hydrogens is 188 g/mol. The second-order valence-corrected chi connectivity index (χ2v) is 3.46. The maximum Gasteiger partial charge on any atom is 0.126 e. The van der Waals surface area contributed by atoms with Crippen LogP contribution in [0.4, 0.5) is 8.78 Å². The molecule has 1 heterocycles. The van der Waals surface area contributed by atoms with Gasteiger partial charge in [-0.25, -0.2) is 8.78 Å². The van der Waals surface area contributed by atoms with Crippen LogP contribution in [-0.2, 0) is 11.2 Å². The van der Waals surface area contributed by atoms with Crippen LogP contribution in [0.15, 0.2) is 18.2 Å². The van der Waals surface area contributed by atoms with E-state index in [4.69, 9.17) is 6.15 Å². The first-order chi connectivity index (χ1) is 7.19. The van der Waals surface area contributed by atoms with E-state index in [1.165, 1.54) is 12.1 Å². The molecular formula is C10H11F2NO. The maximum absolute atomic E-state index is 12.9. The molecule has 0 radical (unpaired) electrons. The van der Waals surface area contributed by atoms with Gasteiger partial charge in [-0.3, -0.25) is 0 Å². The highest BCUT2D eigenvalue weighted by atomic mass is 19.1. The summed E-state index contributed by atoms with van der Waals surface area (Å²) >= 11 is 0. The molecule has 14 heavy (non-hydrogen) atoms. The molecule has 2 N–H and O–H groups in total. The zero-order valence-corrected chi connectivity index (χ0v) is 7.47. The summed E-state index contributed by atoms with van der Waals surface area (Å²) < 4.78 is 37.8. The van der Waals surface area contributed by atoms with Gasteiger partial charge in [0.05, 0.1) is 12.7 Å². The number of rotatable bonds is 4. The summed E-state index contributed by atoms with van der Waals surface area (Å²) in [6.45, 7) is 0.606. The van der Waals surface area contributed by atoms with Gasteiger partial charge in [0, 0.05) is 12.1 Å². The molecule has 4 heteroatoms. The maximum atomic E-state index is 12.9. The predicted octanol–water partition coefficient (Wildman–Crippen LogP) is 1.23. The molecule has 0 spiro atoms. The van der Waals surface area contributed by atoms with E-state index >= 15 is 0 Å². The van der Waals surface area contributed by atoms with Crippen molar-refractivity contribution in [3.63, 3.8) is 0 Å². The Labute approximate surface area is 82.1 Å². The summed E-state index contributed by atoms with van der Waals surface area (Å²) in [7, 11) is 0. The minimum absolute atomic E-state index is 0.00571. The number of nitrogens with two attached hydrogens (primary N) is 1. The average Bonchev–Trinajstić information content (AvgIpc) is 2.95. The average molecular weight is 201 g/mol. The molecule has 2 rings (SSSR count). The molecule has 2 atom stereocenters. The third kappa shape index (κ3) is 2.27. The van der Waals surface area contributed by atoms with E-state index in [1.807, 2.05) is 0 Å². The molecule has 1 unspecified atom stereocenters. The molecule has 0 saturated carbocycles. The van der Waals surface area contributed by atoms with Crippen LogP contribution >= 0.6 is 0 Å². The van der Waals surface area contributed by atoms with Crippen LogP contribution in [0.1, 0.15) is 5.56 Å². The monoisotopic (exact) mass is 201 g/mol. The second kappa shape index (κ2) is 3.63. The van der Waals surface area contributed by atoms with Crippen LogP contribution in [0.5, 0.6) is 0 Å². The smallest absolute Gasteiger partial charge is 0.126 e. The fraction of sp³-hybridized carbons (Fsp3) is 0.400. The van der Waals surface area contributed by atoms with Crippen LogP contribution in [0, 0.1) is 11.6 Å². The van der Waals surface area contributed by atoms with Gasteiger partial charge in [0.2, 0.25) is 0 Å². The van der Waals surface area contributed by atoms with E-state index in [0.29, 0.717) is 18.6 Å². The molecule has 1 fully saturated rings. The Balaban J connectivity index is 2.08. The Morgan fingerprint density at radius 1 is 1.50 bits per heavy atom. The second-order valence-electron chi connectivity index (χ2n) is 3.46. The highest BCUT2D eigenvalue weighted by Crippen LogP contribution is 2.17. The third-order valence-corrected chi connectivity index (χ3v) is 2.19. The molecule has 1 aliphatic rings. The van der Waals surface area contributed by atoms with Crippen molar-refractivity contribution in [1.82, 2.24) is 0 Å². The van der Waals surface area contributed by atoms with Crippen molar-refractivity contribution in [1.29, 1.82) is 0 Å². The topological polar surface area (TPSA) is 38.5 Å². The highest BCUT2D eigenvalue weighted by Gasteiger charge is 2.29. The number of halogens is 2. The standard InChI is InChI=1S/C10H11F2NO/c11-7-1-6(2-8(12)4-7)3-9(13)10-5-14-10/h1-2,4,9-10H,3,5,13H2/t9-,10?/m0/s1/i/hT. The SMILES string of the molecule is [3H]N[C@@H](Cc1cc(F)cc(F)c1)C1CO1. The Bertz CT molecular complexity index is 337. The largest absolute Gasteiger partial charge is 0.371 e. The number of hydrogen-bond acceptors (Lipinski definition) is 2. The summed E-state index contributed by atoms with van der Waals surface area (Å²) in [4.78, 5) is 0. The van der Waals surface area contributed by atoms with Gasteiger partial charge in [-0.2, -0.15) is 0 Å². The number of hydrogen-bond donors (Lipinski definition) is 1. The molecule has 76 valence electrons. The van der Waals surface area contributed by atoms with E-state index in [-0.39, 0.29) is 12.1 Å². The van der Waals surface area contributed by atoms with Gasteiger partial charge in [0.1, 0.15) is 13.0 Å². The molecule has 0 bridgehead atoms. The number of epoxide rings is 1. The van der Waals surface area contributed by atoms with Crippen LogP contribution < -0.4 is 5.73 Å². The molecule has 2 nitrogen and oxygen atoms in total. The molecule has 1 aliphatic heterocycles. The van der Waals surface area contributed by atoms with Crippen molar-refractivity contribution in [2.24, 2.45) is 5.73 Å². The van der Waals surface area contributed by atoms with Gasteiger partial charge in [-0.15, -0.1) is 0 Å². The molecule has 1 aromatic rings. The zero-order valence-electron chi connectivity index (χ0n) is 8.47. The van der Waals surface area contributed by atoms with E-state index in [2.05, 4.69) is 5.73 Å². The van der Waals surface area contributed by atoms with Gasteiger partial charge in [-0.05, 0) is 24.1 Å². The van der Waals surface area contributed by atoms with Gasteiger partial charge in [-0.1, -0.05) is 0 Å². The lowest BCUT2D eigenvalue weighted by molar-refractivity contribution is 0.371. The molecule has 0 aliphatic carbocycles. The van der Waals surface area contributed by atoms with Crippen molar-refractivity contribution < 1.29 is 14.9 Å². The number of ether oxygens (including phenoxy) is 1. The van der Waals surface area contributed by atoms with Gasteiger partial charge in [0.15, 0.2) is 0 Å².